The molecule has 2 N–H and O–H groups in total. The molecule has 112 valence electrons. The van der Waals surface area contributed by atoms with Gasteiger partial charge < -0.3 is 10.4 Å². The zero-order valence-electron chi connectivity index (χ0n) is 13.2. The first-order valence-electron chi connectivity index (χ1n) is 8.00. The molecule has 1 fully saturated rings. The van der Waals surface area contributed by atoms with E-state index in [1.165, 1.54) is 47.9 Å². The fourth-order valence-corrected chi connectivity index (χ4v) is 3.40. The number of nitrogens with one attached hydrogen (secondary N) is 1. The van der Waals surface area contributed by atoms with Gasteiger partial charge in [-0.3, -0.25) is 0 Å². The van der Waals surface area contributed by atoms with E-state index in [1.807, 2.05) is 0 Å². The zero-order chi connectivity index (χ0) is 14.5. The average Bonchev–Trinajstić information content (AvgIpc) is 2.45. The van der Waals surface area contributed by atoms with Crippen LogP contribution in [0.5, 0.6) is 0 Å². The number of aryl methyl sites for hydroxylation is 3. The van der Waals surface area contributed by atoms with Gasteiger partial charge in [0, 0.05) is 13.2 Å². The van der Waals surface area contributed by atoms with Crippen molar-refractivity contribution in [1.82, 2.24) is 5.32 Å². The van der Waals surface area contributed by atoms with Gasteiger partial charge in [-0.1, -0.05) is 25.0 Å². The minimum Gasteiger partial charge on any atom is -0.396 e. The largest absolute Gasteiger partial charge is 0.396 e. The van der Waals surface area contributed by atoms with Crippen molar-refractivity contribution in [2.45, 2.75) is 53.0 Å². The molecular weight excluding hydrogens is 246 g/mol. The fraction of sp³-hybridized carbons (Fsp3) is 0.667. The Balaban J connectivity index is 1.87. The average molecular weight is 275 g/mol. The highest BCUT2D eigenvalue weighted by molar-refractivity contribution is 5.36. The van der Waals surface area contributed by atoms with Gasteiger partial charge in [0.1, 0.15) is 0 Å². The third-order valence-electron chi connectivity index (χ3n) is 4.98. The molecule has 0 heterocycles. The molecule has 1 aliphatic carbocycles. The van der Waals surface area contributed by atoms with Crippen LogP contribution in [0.4, 0.5) is 0 Å². The summed E-state index contributed by atoms with van der Waals surface area (Å²) in [5.41, 5.74) is 5.53. The molecule has 0 saturated heterocycles. The van der Waals surface area contributed by atoms with Crippen molar-refractivity contribution in [3.05, 3.63) is 34.4 Å². The van der Waals surface area contributed by atoms with E-state index in [1.54, 1.807) is 0 Å². The van der Waals surface area contributed by atoms with Crippen molar-refractivity contribution in [2.24, 2.45) is 11.8 Å². The van der Waals surface area contributed by atoms with Crippen LogP contribution in [0, 0.1) is 32.6 Å². The highest BCUT2D eigenvalue weighted by Crippen LogP contribution is 2.29. The van der Waals surface area contributed by atoms with Crippen molar-refractivity contribution in [3.8, 4) is 0 Å². The standard InChI is InChI=1S/C18H29NO/c1-13-8-15(3)18(9-14(13)2)11-19-10-16-6-4-5-7-17(16)12-20/h8-9,16-17,19-20H,4-7,10-12H2,1-3H3. The van der Waals surface area contributed by atoms with E-state index in [2.05, 4.69) is 38.2 Å². The Labute approximate surface area is 123 Å². The highest BCUT2D eigenvalue weighted by atomic mass is 16.3. The van der Waals surface area contributed by atoms with Gasteiger partial charge in [-0.25, -0.2) is 0 Å². The number of rotatable bonds is 5. The predicted octanol–water partition coefficient (Wildman–Crippen LogP) is 3.50. The van der Waals surface area contributed by atoms with Gasteiger partial charge in [0.05, 0.1) is 0 Å². The van der Waals surface area contributed by atoms with Gasteiger partial charge in [0.15, 0.2) is 0 Å². The van der Waals surface area contributed by atoms with Gasteiger partial charge in [-0.05, 0) is 74.2 Å². The van der Waals surface area contributed by atoms with E-state index in [0.29, 0.717) is 18.4 Å². The second-order valence-electron chi connectivity index (χ2n) is 6.48. The Morgan fingerprint density at radius 2 is 1.65 bits per heavy atom. The molecule has 2 heteroatoms. The van der Waals surface area contributed by atoms with Crippen LogP contribution in [0.2, 0.25) is 0 Å². The topological polar surface area (TPSA) is 32.3 Å². The van der Waals surface area contributed by atoms with Crippen LogP contribution in [0.15, 0.2) is 12.1 Å². The van der Waals surface area contributed by atoms with Crippen molar-refractivity contribution >= 4 is 0 Å². The molecular formula is C18H29NO. The Morgan fingerprint density at radius 3 is 2.35 bits per heavy atom. The molecule has 2 rings (SSSR count). The lowest BCUT2D eigenvalue weighted by Gasteiger charge is -2.30. The van der Waals surface area contributed by atoms with Crippen LogP contribution >= 0.6 is 0 Å². The molecule has 0 spiro atoms. The summed E-state index contributed by atoms with van der Waals surface area (Å²) in [5, 5.41) is 13.1. The van der Waals surface area contributed by atoms with E-state index in [-0.39, 0.29) is 0 Å². The molecule has 2 unspecified atom stereocenters. The number of hydrogen-bond donors (Lipinski definition) is 2. The molecule has 1 aromatic rings. The lowest BCUT2D eigenvalue weighted by molar-refractivity contribution is 0.133. The number of benzene rings is 1. The summed E-state index contributed by atoms with van der Waals surface area (Å²) in [4.78, 5) is 0. The van der Waals surface area contributed by atoms with E-state index in [4.69, 9.17) is 0 Å². The van der Waals surface area contributed by atoms with Gasteiger partial charge >= 0.3 is 0 Å². The fourth-order valence-electron chi connectivity index (χ4n) is 3.40. The van der Waals surface area contributed by atoms with Gasteiger partial charge in [0.2, 0.25) is 0 Å². The van der Waals surface area contributed by atoms with E-state index in [9.17, 15) is 5.11 Å². The minimum atomic E-state index is 0.356. The summed E-state index contributed by atoms with van der Waals surface area (Å²) in [6.45, 7) is 8.89. The van der Waals surface area contributed by atoms with Gasteiger partial charge in [-0.2, -0.15) is 0 Å². The normalized spacial score (nSPS) is 23.0. The quantitative estimate of drug-likeness (QED) is 0.862. The maximum Gasteiger partial charge on any atom is 0.0462 e. The summed E-state index contributed by atoms with van der Waals surface area (Å²) in [6.07, 6.45) is 5.08. The molecule has 20 heavy (non-hydrogen) atoms. The van der Waals surface area contributed by atoms with Crippen LogP contribution in [-0.2, 0) is 6.54 Å². The van der Waals surface area contributed by atoms with Crippen LogP contribution in [0.1, 0.15) is 47.9 Å². The number of hydrogen-bond acceptors (Lipinski definition) is 2. The molecule has 2 nitrogen and oxygen atoms in total. The maximum absolute atomic E-state index is 9.46. The Kier molecular flexibility index (Phi) is 5.62. The van der Waals surface area contributed by atoms with Gasteiger partial charge in [0.25, 0.3) is 0 Å². The van der Waals surface area contributed by atoms with Crippen LogP contribution in [0.25, 0.3) is 0 Å². The van der Waals surface area contributed by atoms with E-state index in [0.717, 1.165) is 13.1 Å². The Morgan fingerprint density at radius 1 is 1.00 bits per heavy atom. The molecule has 0 aliphatic heterocycles. The third-order valence-corrected chi connectivity index (χ3v) is 4.98. The summed E-state index contributed by atoms with van der Waals surface area (Å²) in [7, 11) is 0. The maximum atomic E-state index is 9.46. The molecule has 0 aromatic heterocycles. The lowest BCUT2D eigenvalue weighted by atomic mass is 9.79. The van der Waals surface area contributed by atoms with E-state index >= 15 is 0 Å². The summed E-state index contributed by atoms with van der Waals surface area (Å²) < 4.78 is 0. The molecule has 0 bridgehead atoms. The summed E-state index contributed by atoms with van der Waals surface area (Å²) >= 11 is 0. The minimum absolute atomic E-state index is 0.356. The lowest BCUT2D eigenvalue weighted by Crippen LogP contribution is -2.32. The van der Waals surface area contributed by atoms with Crippen molar-refractivity contribution < 1.29 is 5.11 Å². The highest BCUT2D eigenvalue weighted by Gasteiger charge is 2.23. The second-order valence-corrected chi connectivity index (χ2v) is 6.48. The SMILES string of the molecule is Cc1cc(C)c(CNCC2CCCCC2CO)cc1C. The van der Waals surface area contributed by atoms with Crippen LogP contribution in [-0.4, -0.2) is 18.3 Å². The summed E-state index contributed by atoms with van der Waals surface area (Å²) in [5.74, 6) is 1.16. The molecule has 0 amide bonds. The monoisotopic (exact) mass is 275 g/mol. The Bertz CT molecular complexity index is 441. The van der Waals surface area contributed by atoms with E-state index < -0.39 is 0 Å². The van der Waals surface area contributed by atoms with Crippen molar-refractivity contribution in [1.29, 1.82) is 0 Å². The molecule has 2 atom stereocenters. The van der Waals surface area contributed by atoms with Crippen molar-refractivity contribution in [2.75, 3.05) is 13.2 Å². The zero-order valence-corrected chi connectivity index (χ0v) is 13.2. The van der Waals surface area contributed by atoms with Crippen LogP contribution < -0.4 is 5.32 Å². The van der Waals surface area contributed by atoms with Crippen LogP contribution in [0.3, 0.4) is 0 Å². The Hall–Kier alpha value is -0.860. The second kappa shape index (κ2) is 7.24. The number of aliphatic hydroxyl groups excluding tert-OH is 1. The molecule has 1 saturated carbocycles. The molecule has 1 aliphatic rings. The first-order chi connectivity index (χ1) is 9.61. The first-order valence-corrected chi connectivity index (χ1v) is 8.00. The third kappa shape index (κ3) is 3.83. The smallest absolute Gasteiger partial charge is 0.0462 e. The van der Waals surface area contributed by atoms with Gasteiger partial charge in [-0.15, -0.1) is 0 Å². The predicted molar refractivity (Wildman–Crippen MR) is 84.9 cm³/mol. The first kappa shape index (κ1) is 15.5. The summed E-state index contributed by atoms with van der Waals surface area (Å²) in [6, 6.07) is 4.59. The number of aliphatic hydroxyl groups is 1. The van der Waals surface area contributed by atoms with Crippen molar-refractivity contribution in [3.63, 3.8) is 0 Å². The molecule has 1 aromatic carbocycles. The molecule has 0 radical (unpaired) electrons.